The maximum Gasteiger partial charge on any atom is 0.241 e. The molecule has 162 valence electrons. The van der Waals surface area contributed by atoms with Crippen molar-refractivity contribution in [2.75, 3.05) is 12.4 Å². The lowest BCUT2D eigenvalue weighted by Gasteiger charge is -2.25. The highest BCUT2D eigenvalue weighted by atomic mass is 35.5. The van der Waals surface area contributed by atoms with Gasteiger partial charge < -0.3 is 10.1 Å². The normalized spacial score (nSPS) is 17.4. The van der Waals surface area contributed by atoms with Crippen LogP contribution >= 0.6 is 11.6 Å². The minimum Gasteiger partial charge on any atom is -0.497 e. The molecule has 0 bridgehead atoms. The predicted octanol–water partition coefficient (Wildman–Crippen LogP) is 5.69. The van der Waals surface area contributed by atoms with Crippen LogP contribution in [0.3, 0.4) is 0 Å². The summed E-state index contributed by atoms with van der Waals surface area (Å²) < 4.78 is 34.7. The average molecular weight is 465 g/mol. The molecule has 2 unspecified atom stereocenters. The molecule has 5 rings (SSSR count). The van der Waals surface area contributed by atoms with Crippen molar-refractivity contribution < 1.29 is 13.2 Å². The molecule has 0 fully saturated rings. The third kappa shape index (κ3) is 3.71. The van der Waals surface area contributed by atoms with Crippen LogP contribution in [0.5, 0.6) is 5.75 Å². The Hall–Kier alpha value is -3.06. The summed E-state index contributed by atoms with van der Waals surface area (Å²) >= 11 is 5.95. The van der Waals surface area contributed by atoms with Gasteiger partial charge in [0.1, 0.15) is 5.75 Å². The Morgan fingerprint density at radius 3 is 2.06 bits per heavy atom. The van der Waals surface area contributed by atoms with Gasteiger partial charge in [0.2, 0.25) is 10.0 Å². The number of ether oxygens (including phenoxy) is 1. The lowest BCUT2D eigenvalue weighted by molar-refractivity contribution is 0.415. The first-order valence-corrected chi connectivity index (χ1v) is 12.0. The van der Waals surface area contributed by atoms with Crippen molar-refractivity contribution in [2.24, 2.45) is 0 Å². The Morgan fingerprint density at radius 2 is 1.44 bits per heavy atom. The van der Waals surface area contributed by atoms with Crippen LogP contribution in [-0.2, 0) is 10.0 Å². The number of methoxy groups -OCH3 is 1. The lowest BCUT2D eigenvalue weighted by atomic mass is 10.0. The smallest absolute Gasteiger partial charge is 0.241 e. The number of benzene rings is 4. The molecular formula is C25H21ClN2O3S. The lowest BCUT2D eigenvalue weighted by Crippen LogP contribution is -2.33. The van der Waals surface area contributed by atoms with Gasteiger partial charge in [-0.05, 0) is 70.4 Å². The minimum atomic E-state index is -3.78. The quantitative estimate of drug-likeness (QED) is 0.384. The second-order valence-corrected chi connectivity index (χ2v) is 9.85. The predicted molar refractivity (Wildman–Crippen MR) is 128 cm³/mol. The van der Waals surface area contributed by atoms with Crippen LogP contribution in [0.4, 0.5) is 5.69 Å². The fraction of sp³-hybridized carbons (Fsp3) is 0.120. The molecule has 0 aliphatic heterocycles. The molecule has 7 heteroatoms. The summed E-state index contributed by atoms with van der Waals surface area (Å²) in [7, 11) is -2.16. The van der Waals surface area contributed by atoms with Gasteiger partial charge in [0, 0.05) is 10.7 Å². The van der Waals surface area contributed by atoms with Crippen molar-refractivity contribution in [3.8, 4) is 5.75 Å². The Kier molecular flexibility index (Phi) is 5.29. The van der Waals surface area contributed by atoms with Crippen LogP contribution in [0.1, 0.15) is 23.2 Å². The first kappa shape index (κ1) is 20.8. The summed E-state index contributed by atoms with van der Waals surface area (Å²) in [4.78, 5) is 0.174. The maximum absolute atomic E-state index is 13.3. The first-order chi connectivity index (χ1) is 15.5. The highest BCUT2D eigenvalue weighted by Gasteiger charge is 2.37. The van der Waals surface area contributed by atoms with Gasteiger partial charge in [-0.1, -0.05) is 48.0 Å². The van der Waals surface area contributed by atoms with Gasteiger partial charge in [-0.3, -0.25) is 0 Å². The molecule has 2 atom stereocenters. The van der Waals surface area contributed by atoms with E-state index in [0.717, 1.165) is 33.3 Å². The molecular weight excluding hydrogens is 444 g/mol. The van der Waals surface area contributed by atoms with Gasteiger partial charge in [0.15, 0.2) is 0 Å². The number of hydrogen-bond acceptors (Lipinski definition) is 4. The van der Waals surface area contributed by atoms with E-state index in [0.29, 0.717) is 5.02 Å². The molecule has 0 heterocycles. The van der Waals surface area contributed by atoms with Gasteiger partial charge in [-0.15, -0.1) is 0 Å². The van der Waals surface area contributed by atoms with Gasteiger partial charge in [-0.2, -0.15) is 0 Å². The summed E-state index contributed by atoms with van der Waals surface area (Å²) in [6.45, 7) is 0. The number of sulfonamides is 1. The number of rotatable bonds is 6. The Labute approximate surface area is 192 Å². The van der Waals surface area contributed by atoms with Crippen molar-refractivity contribution in [1.82, 2.24) is 4.72 Å². The summed E-state index contributed by atoms with van der Waals surface area (Å²) in [5.74, 6) is 0.757. The SMILES string of the molecule is COc1ccc(NC2c3cccc4cccc(c34)C2NS(=O)(=O)c2ccc(Cl)cc2)cc1. The Balaban J connectivity index is 1.56. The molecule has 0 saturated heterocycles. The minimum absolute atomic E-state index is 0.174. The van der Waals surface area contributed by atoms with Crippen LogP contribution in [0.2, 0.25) is 5.02 Å². The summed E-state index contributed by atoms with van der Waals surface area (Å²) in [5.41, 5.74) is 2.87. The highest BCUT2D eigenvalue weighted by Crippen LogP contribution is 2.46. The van der Waals surface area contributed by atoms with Crippen LogP contribution in [0.15, 0.2) is 89.8 Å². The number of nitrogens with one attached hydrogen (secondary N) is 2. The molecule has 4 aromatic rings. The van der Waals surface area contributed by atoms with Crippen LogP contribution in [-0.4, -0.2) is 15.5 Å². The third-order valence-electron chi connectivity index (χ3n) is 5.79. The molecule has 1 aliphatic carbocycles. The van der Waals surface area contributed by atoms with Crippen LogP contribution < -0.4 is 14.8 Å². The van der Waals surface area contributed by atoms with E-state index in [9.17, 15) is 8.42 Å². The summed E-state index contributed by atoms with van der Waals surface area (Å²) in [6.07, 6.45) is 0. The van der Waals surface area contributed by atoms with Gasteiger partial charge in [0.05, 0.1) is 24.1 Å². The van der Waals surface area contributed by atoms with Crippen molar-refractivity contribution in [1.29, 1.82) is 0 Å². The van der Waals surface area contributed by atoms with Crippen LogP contribution in [0, 0.1) is 0 Å². The second-order valence-electron chi connectivity index (χ2n) is 7.70. The largest absolute Gasteiger partial charge is 0.497 e. The Bertz CT molecular complexity index is 1380. The van der Waals surface area contributed by atoms with Gasteiger partial charge in [-0.25, -0.2) is 13.1 Å². The fourth-order valence-electron chi connectivity index (χ4n) is 4.29. The topological polar surface area (TPSA) is 67.4 Å². The zero-order valence-electron chi connectivity index (χ0n) is 17.2. The number of anilines is 1. The third-order valence-corrected chi connectivity index (χ3v) is 7.50. The van der Waals surface area contributed by atoms with Gasteiger partial charge >= 0.3 is 0 Å². The molecule has 5 nitrogen and oxygen atoms in total. The maximum atomic E-state index is 13.3. The van der Waals surface area contributed by atoms with E-state index < -0.39 is 16.1 Å². The molecule has 32 heavy (non-hydrogen) atoms. The van der Waals surface area contributed by atoms with E-state index >= 15 is 0 Å². The molecule has 0 spiro atoms. The Morgan fingerprint density at radius 1 is 0.812 bits per heavy atom. The second kappa shape index (κ2) is 8.13. The van der Waals surface area contributed by atoms with Crippen molar-refractivity contribution in [2.45, 2.75) is 17.0 Å². The number of hydrogen-bond donors (Lipinski definition) is 2. The van der Waals surface area contributed by atoms with E-state index in [1.54, 1.807) is 19.2 Å². The van der Waals surface area contributed by atoms with Crippen molar-refractivity contribution in [3.05, 3.63) is 101 Å². The molecule has 0 aromatic heterocycles. The molecule has 2 N–H and O–H groups in total. The van der Waals surface area contributed by atoms with Gasteiger partial charge in [0.25, 0.3) is 0 Å². The molecule has 1 aliphatic rings. The van der Waals surface area contributed by atoms with Crippen molar-refractivity contribution in [3.63, 3.8) is 0 Å². The van der Waals surface area contributed by atoms with Crippen molar-refractivity contribution >= 4 is 38.1 Å². The highest BCUT2D eigenvalue weighted by molar-refractivity contribution is 7.89. The number of halogens is 1. The van der Waals surface area contributed by atoms with Crippen LogP contribution in [0.25, 0.3) is 10.8 Å². The van der Waals surface area contributed by atoms with E-state index in [1.165, 1.54) is 12.1 Å². The molecule has 0 amide bonds. The summed E-state index contributed by atoms with van der Waals surface area (Å²) in [5, 5.41) is 6.17. The summed E-state index contributed by atoms with van der Waals surface area (Å²) in [6, 6.07) is 25.1. The molecule has 0 saturated carbocycles. The fourth-order valence-corrected chi connectivity index (χ4v) is 5.64. The van der Waals surface area contributed by atoms with E-state index in [1.807, 2.05) is 60.7 Å². The molecule has 0 radical (unpaired) electrons. The monoisotopic (exact) mass is 464 g/mol. The van der Waals surface area contributed by atoms with E-state index in [2.05, 4.69) is 10.0 Å². The average Bonchev–Trinajstić information content (AvgIpc) is 3.09. The standard InChI is InChI=1S/C25H21ClN2O3S/c1-31-19-12-10-18(11-13-19)27-24-21-6-2-4-16-5-3-7-22(23(16)21)25(24)28-32(29,30)20-14-8-17(26)9-15-20/h2-15,24-25,27-28H,1H3. The zero-order chi connectivity index (χ0) is 22.3. The molecule has 4 aromatic carbocycles. The first-order valence-electron chi connectivity index (χ1n) is 10.2. The van der Waals surface area contributed by atoms with E-state index in [4.69, 9.17) is 16.3 Å². The van der Waals surface area contributed by atoms with E-state index in [-0.39, 0.29) is 10.9 Å². The zero-order valence-corrected chi connectivity index (χ0v) is 18.8.